The fourth-order valence-corrected chi connectivity index (χ4v) is 2.64. The molecule has 0 saturated heterocycles. The number of amides is 1. The van der Waals surface area contributed by atoms with Crippen molar-refractivity contribution in [1.82, 2.24) is 9.55 Å². The lowest BCUT2D eigenvalue weighted by atomic mass is 10.3. The Kier molecular flexibility index (Phi) is 4.25. The van der Waals surface area contributed by atoms with Crippen molar-refractivity contribution in [1.29, 1.82) is 0 Å². The van der Waals surface area contributed by atoms with Gasteiger partial charge in [0, 0.05) is 23.0 Å². The third-order valence-corrected chi connectivity index (χ3v) is 3.96. The highest BCUT2D eigenvalue weighted by atomic mass is 32.2. The second-order valence-corrected chi connectivity index (χ2v) is 5.54. The number of thioether (sulfide) groups is 1. The number of aromatic nitrogens is 2. The molecule has 0 spiro atoms. The first-order valence-corrected chi connectivity index (χ1v) is 8.03. The molecule has 0 unspecified atom stereocenters. The summed E-state index contributed by atoms with van der Waals surface area (Å²) in [4.78, 5) is 17.7. The van der Waals surface area contributed by atoms with E-state index in [1.54, 1.807) is 30.2 Å². The molecule has 22 heavy (non-hydrogen) atoms. The molecule has 5 heteroatoms. The summed E-state index contributed by atoms with van der Waals surface area (Å²) in [6.07, 6.45) is 7.30. The molecule has 0 saturated carbocycles. The molecule has 1 aromatic carbocycles. The maximum atomic E-state index is 12.5. The molecule has 0 bridgehead atoms. The summed E-state index contributed by atoms with van der Waals surface area (Å²) in [7, 11) is 0. The molecule has 1 N–H and O–H groups in total. The molecule has 0 atom stereocenters. The Morgan fingerprint density at radius 3 is 2.86 bits per heavy atom. The van der Waals surface area contributed by atoms with Crippen LogP contribution in [0.5, 0.6) is 0 Å². The van der Waals surface area contributed by atoms with Crippen LogP contribution >= 0.6 is 11.8 Å². The maximum absolute atomic E-state index is 12.5. The number of carbonyl (C=O) groups is 1. The fourth-order valence-electron chi connectivity index (χ4n) is 2.18. The molecule has 4 nitrogen and oxygen atoms in total. The van der Waals surface area contributed by atoms with Crippen LogP contribution in [0.2, 0.25) is 0 Å². The van der Waals surface area contributed by atoms with E-state index in [0.29, 0.717) is 5.69 Å². The van der Waals surface area contributed by atoms with Gasteiger partial charge in [-0.3, -0.25) is 9.78 Å². The molecule has 0 aliphatic rings. The molecular weight excluding hydrogens is 294 g/mol. The largest absolute Gasteiger partial charge is 0.321 e. The molecule has 2 aromatic heterocycles. The Balaban J connectivity index is 1.86. The summed E-state index contributed by atoms with van der Waals surface area (Å²) < 4.78 is 1.82. The van der Waals surface area contributed by atoms with Crippen molar-refractivity contribution in [2.45, 2.75) is 4.90 Å². The number of rotatable bonds is 4. The average Bonchev–Trinajstić information content (AvgIpc) is 3.05. The molecule has 0 aliphatic carbocycles. The molecule has 0 radical (unpaired) electrons. The number of hydrogen-bond donors (Lipinski definition) is 1. The quantitative estimate of drug-likeness (QED) is 0.745. The predicted octanol–water partition coefficient (Wildman–Crippen LogP) is 3.85. The second-order valence-electron chi connectivity index (χ2n) is 4.66. The van der Waals surface area contributed by atoms with Crippen molar-refractivity contribution in [3.63, 3.8) is 0 Å². The van der Waals surface area contributed by atoms with E-state index in [1.807, 2.05) is 59.5 Å². The third kappa shape index (κ3) is 3.04. The van der Waals surface area contributed by atoms with Crippen molar-refractivity contribution >= 4 is 23.4 Å². The van der Waals surface area contributed by atoms with Gasteiger partial charge in [0.1, 0.15) is 5.69 Å². The van der Waals surface area contributed by atoms with Crippen molar-refractivity contribution < 1.29 is 4.79 Å². The van der Waals surface area contributed by atoms with E-state index >= 15 is 0 Å². The van der Waals surface area contributed by atoms with Gasteiger partial charge in [0.25, 0.3) is 5.91 Å². The summed E-state index contributed by atoms with van der Waals surface area (Å²) in [6, 6.07) is 15.2. The zero-order valence-corrected chi connectivity index (χ0v) is 12.9. The van der Waals surface area contributed by atoms with Gasteiger partial charge in [-0.05, 0) is 48.7 Å². The molecule has 0 fully saturated rings. The highest BCUT2D eigenvalue weighted by Crippen LogP contribution is 2.20. The second kappa shape index (κ2) is 6.49. The zero-order chi connectivity index (χ0) is 15.4. The van der Waals surface area contributed by atoms with Crippen LogP contribution in [0.15, 0.2) is 72.0 Å². The summed E-state index contributed by atoms with van der Waals surface area (Å²) >= 11 is 1.64. The zero-order valence-electron chi connectivity index (χ0n) is 12.1. The SMILES string of the molecule is CSc1cccc(NC(=O)c2cccn2-c2cccnc2)c1. The average molecular weight is 309 g/mol. The monoisotopic (exact) mass is 309 g/mol. The topological polar surface area (TPSA) is 46.9 Å². The standard InChI is InChI=1S/C17H15N3OS/c1-22-15-7-2-5-13(11-15)19-17(21)16-8-4-10-20(16)14-6-3-9-18-12-14/h2-12H,1H3,(H,19,21). The number of hydrogen-bond acceptors (Lipinski definition) is 3. The van der Waals surface area contributed by atoms with Gasteiger partial charge in [0.05, 0.1) is 11.9 Å². The summed E-state index contributed by atoms with van der Waals surface area (Å²) in [5, 5.41) is 2.94. The molecular formula is C17H15N3OS. The molecule has 3 rings (SSSR count). The van der Waals surface area contributed by atoms with E-state index in [-0.39, 0.29) is 5.91 Å². The van der Waals surface area contributed by atoms with Gasteiger partial charge in [0.2, 0.25) is 0 Å². The van der Waals surface area contributed by atoms with Crippen LogP contribution in [0.4, 0.5) is 5.69 Å². The van der Waals surface area contributed by atoms with E-state index in [2.05, 4.69) is 10.3 Å². The van der Waals surface area contributed by atoms with E-state index in [1.165, 1.54) is 0 Å². The summed E-state index contributed by atoms with van der Waals surface area (Å²) in [5.41, 5.74) is 2.22. The number of nitrogens with zero attached hydrogens (tertiary/aromatic N) is 2. The van der Waals surface area contributed by atoms with Gasteiger partial charge in [-0.1, -0.05) is 6.07 Å². The molecule has 3 aromatic rings. The van der Waals surface area contributed by atoms with Crippen LogP contribution in [0.25, 0.3) is 5.69 Å². The van der Waals surface area contributed by atoms with Gasteiger partial charge in [-0.2, -0.15) is 0 Å². The van der Waals surface area contributed by atoms with Crippen molar-refractivity contribution in [2.75, 3.05) is 11.6 Å². The van der Waals surface area contributed by atoms with Crippen LogP contribution in [0.3, 0.4) is 0 Å². The van der Waals surface area contributed by atoms with Crippen LogP contribution in [0, 0.1) is 0 Å². The minimum atomic E-state index is -0.146. The van der Waals surface area contributed by atoms with Crippen molar-refractivity contribution in [2.24, 2.45) is 0 Å². The number of pyridine rings is 1. The van der Waals surface area contributed by atoms with E-state index in [4.69, 9.17) is 0 Å². The Bertz CT molecular complexity index is 783. The van der Waals surface area contributed by atoms with Crippen LogP contribution < -0.4 is 5.32 Å². The van der Waals surface area contributed by atoms with Crippen LogP contribution in [-0.4, -0.2) is 21.7 Å². The first-order chi connectivity index (χ1) is 10.8. The Morgan fingerprint density at radius 2 is 2.09 bits per heavy atom. The van der Waals surface area contributed by atoms with Crippen molar-refractivity contribution in [3.05, 3.63) is 72.8 Å². The minimum absolute atomic E-state index is 0.146. The van der Waals surface area contributed by atoms with Gasteiger partial charge in [0.15, 0.2) is 0 Å². The highest BCUT2D eigenvalue weighted by Gasteiger charge is 2.12. The van der Waals surface area contributed by atoms with Gasteiger partial charge in [-0.15, -0.1) is 11.8 Å². The van der Waals surface area contributed by atoms with E-state index < -0.39 is 0 Å². The Morgan fingerprint density at radius 1 is 1.18 bits per heavy atom. The van der Waals surface area contributed by atoms with E-state index in [9.17, 15) is 4.79 Å². The summed E-state index contributed by atoms with van der Waals surface area (Å²) in [6.45, 7) is 0. The van der Waals surface area contributed by atoms with Crippen molar-refractivity contribution in [3.8, 4) is 5.69 Å². The lowest BCUT2D eigenvalue weighted by Crippen LogP contribution is -2.16. The first-order valence-electron chi connectivity index (χ1n) is 6.81. The lowest BCUT2D eigenvalue weighted by molar-refractivity contribution is 0.102. The number of nitrogens with one attached hydrogen (secondary N) is 1. The molecule has 0 aliphatic heterocycles. The molecule has 110 valence electrons. The normalized spacial score (nSPS) is 10.4. The highest BCUT2D eigenvalue weighted by molar-refractivity contribution is 7.98. The molecule has 2 heterocycles. The van der Waals surface area contributed by atoms with E-state index in [0.717, 1.165) is 16.3 Å². The number of carbonyl (C=O) groups excluding carboxylic acids is 1. The van der Waals surface area contributed by atoms with Gasteiger partial charge < -0.3 is 9.88 Å². The Hall–Kier alpha value is -2.53. The lowest BCUT2D eigenvalue weighted by Gasteiger charge is -2.10. The number of benzene rings is 1. The van der Waals surface area contributed by atoms with Crippen LogP contribution in [-0.2, 0) is 0 Å². The molecule has 1 amide bonds. The maximum Gasteiger partial charge on any atom is 0.272 e. The predicted molar refractivity (Wildman–Crippen MR) is 89.7 cm³/mol. The van der Waals surface area contributed by atoms with Crippen LogP contribution in [0.1, 0.15) is 10.5 Å². The summed E-state index contributed by atoms with van der Waals surface area (Å²) in [5.74, 6) is -0.146. The van der Waals surface area contributed by atoms with Gasteiger partial charge in [-0.25, -0.2) is 0 Å². The Labute approximate surface area is 133 Å². The van der Waals surface area contributed by atoms with Gasteiger partial charge >= 0.3 is 0 Å². The first kappa shape index (κ1) is 14.4. The smallest absolute Gasteiger partial charge is 0.272 e. The number of anilines is 1. The third-order valence-electron chi connectivity index (χ3n) is 3.23. The minimum Gasteiger partial charge on any atom is -0.321 e. The fraction of sp³-hybridized carbons (Fsp3) is 0.0588.